The third kappa shape index (κ3) is 6.77. The van der Waals surface area contributed by atoms with Gasteiger partial charge in [0.25, 0.3) is 0 Å². The van der Waals surface area contributed by atoms with Gasteiger partial charge in [-0.05, 0) is 86.1 Å². The highest BCUT2D eigenvalue weighted by Gasteiger charge is 2.44. The molecule has 0 amide bonds. The molecule has 5 rings (SSSR count). The molecular formula is C34H33ClNO3S-. The van der Waals surface area contributed by atoms with Crippen molar-refractivity contribution < 1.29 is 15.0 Å². The second kappa shape index (κ2) is 11.8. The van der Waals surface area contributed by atoms with Gasteiger partial charge >= 0.3 is 0 Å². The monoisotopic (exact) mass is 570 g/mol. The summed E-state index contributed by atoms with van der Waals surface area (Å²) >= 11 is 7.81. The van der Waals surface area contributed by atoms with Gasteiger partial charge in [0.2, 0.25) is 0 Å². The Balaban J connectivity index is 1.33. The van der Waals surface area contributed by atoms with Crippen molar-refractivity contribution in [1.29, 1.82) is 0 Å². The summed E-state index contributed by atoms with van der Waals surface area (Å²) in [5.41, 5.74) is 4.26. The second-order valence-corrected chi connectivity index (χ2v) is 12.8. The molecule has 0 spiro atoms. The minimum atomic E-state index is -0.992. The van der Waals surface area contributed by atoms with Crippen LogP contribution in [-0.2, 0) is 16.8 Å². The summed E-state index contributed by atoms with van der Waals surface area (Å²) in [5.74, 6) is -0.426. The van der Waals surface area contributed by atoms with Crippen LogP contribution in [0.15, 0.2) is 78.9 Å². The predicted molar refractivity (Wildman–Crippen MR) is 164 cm³/mol. The van der Waals surface area contributed by atoms with E-state index in [1.54, 1.807) is 25.6 Å². The number of nitrogens with zero attached hydrogens (tertiary/aromatic N) is 1. The normalized spacial score (nSPS) is 15.4. The first-order valence-corrected chi connectivity index (χ1v) is 15.0. The molecule has 3 aromatic carbocycles. The number of aryl methyl sites for hydroxylation is 1. The smallest absolute Gasteiger partial charge is 0.0843 e. The zero-order valence-corrected chi connectivity index (χ0v) is 24.3. The maximum absolute atomic E-state index is 11.7. The average Bonchev–Trinajstić information content (AvgIpc) is 3.73. The third-order valence-corrected chi connectivity index (χ3v) is 9.43. The number of hydrogen-bond acceptors (Lipinski definition) is 5. The summed E-state index contributed by atoms with van der Waals surface area (Å²) in [5, 5.41) is 24.4. The lowest BCUT2D eigenvalue weighted by molar-refractivity contribution is -0.312. The first-order valence-electron chi connectivity index (χ1n) is 13.6. The molecule has 0 unspecified atom stereocenters. The van der Waals surface area contributed by atoms with Crippen LogP contribution in [0.4, 0.5) is 0 Å². The van der Waals surface area contributed by atoms with Gasteiger partial charge in [-0.1, -0.05) is 78.3 Å². The van der Waals surface area contributed by atoms with Gasteiger partial charge in [-0.2, -0.15) is 11.8 Å². The highest BCUT2D eigenvalue weighted by Crippen LogP contribution is 2.51. The van der Waals surface area contributed by atoms with Gasteiger partial charge in [0.15, 0.2) is 0 Å². The number of aliphatic carboxylic acids is 1. The van der Waals surface area contributed by atoms with E-state index in [4.69, 9.17) is 16.6 Å². The van der Waals surface area contributed by atoms with Crippen LogP contribution in [0.1, 0.15) is 66.3 Å². The Morgan fingerprint density at radius 1 is 1.07 bits per heavy atom. The number of aliphatic hydroxyl groups is 1. The number of carbonyl (C=O) groups is 1. The van der Waals surface area contributed by atoms with Gasteiger partial charge < -0.3 is 15.0 Å². The third-order valence-electron chi connectivity index (χ3n) is 7.58. The molecule has 1 aliphatic rings. The molecule has 206 valence electrons. The van der Waals surface area contributed by atoms with Crippen molar-refractivity contribution in [1.82, 2.24) is 4.98 Å². The molecule has 1 saturated carbocycles. The quantitative estimate of drug-likeness (QED) is 0.206. The maximum Gasteiger partial charge on any atom is 0.0843 e. The number of hydrogen-bond donors (Lipinski definition) is 1. The maximum atomic E-state index is 11.7. The van der Waals surface area contributed by atoms with Crippen molar-refractivity contribution >= 4 is 52.4 Å². The number of carbonyl (C=O) groups excluding carboxylic acids is 1. The van der Waals surface area contributed by atoms with Crippen molar-refractivity contribution in [2.24, 2.45) is 5.41 Å². The van der Waals surface area contributed by atoms with Crippen LogP contribution in [-0.4, -0.2) is 21.8 Å². The molecular weight excluding hydrogens is 538 g/mol. The molecule has 40 heavy (non-hydrogen) atoms. The molecule has 1 fully saturated rings. The Kier molecular flexibility index (Phi) is 8.37. The number of carboxylic acid groups (broad SMARTS) is 1. The zero-order chi connectivity index (χ0) is 28.3. The fraction of sp³-hybridized carbons (Fsp3) is 0.294. The molecule has 1 heterocycles. The van der Waals surface area contributed by atoms with Gasteiger partial charge in [-0.25, -0.2) is 4.98 Å². The summed E-state index contributed by atoms with van der Waals surface area (Å²) in [6.45, 7) is 3.60. The lowest BCUT2D eigenvalue weighted by atomic mass is 9.90. The Bertz CT molecular complexity index is 1550. The van der Waals surface area contributed by atoms with Crippen LogP contribution in [0.3, 0.4) is 0 Å². The fourth-order valence-corrected chi connectivity index (χ4v) is 6.78. The first kappa shape index (κ1) is 28.4. The lowest BCUT2D eigenvalue weighted by Crippen LogP contribution is -2.34. The van der Waals surface area contributed by atoms with Gasteiger partial charge in [0, 0.05) is 32.8 Å². The Hall–Kier alpha value is -3.12. The Morgan fingerprint density at radius 2 is 1.85 bits per heavy atom. The molecule has 4 nitrogen and oxygen atoms in total. The topological polar surface area (TPSA) is 73.2 Å². The number of pyridine rings is 1. The van der Waals surface area contributed by atoms with E-state index in [1.807, 2.05) is 54.6 Å². The van der Waals surface area contributed by atoms with E-state index in [1.165, 1.54) is 5.56 Å². The molecule has 1 N–H and O–H groups in total. The van der Waals surface area contributed by atoms with Crippen LogP contribution in [0.5, 0.6) is 0 Å². The van der Waals surface area contributed by atoms with E-state index in [-0.39, 0.29) is 5.25 Å². The van der Waals surface area contributed by atoms with Crippen molar-refractivity contribution in [3.8, 4) is 0 Å². The highest BCUT2D eigenvalue weighted by atomic mass is 35.5. The standard InChI is InChI=1S/C34H34ClNO3S/c1-33(2,39)29-9-4-3-8-28(29)31(40-22-34(18-19-34)32(37)38)17-11-24-7-5-6-23(20-24)10-15-27-16-13-25-12-14-26(35)21-30(25)36-27/h3-10,12-16,20-21,31,39H,11,17-19,22H2,1-2H3,(H,37,38)/p-1/b15-10+/t31-/m0/s1. The first-order chi connectivity index (χ1) is 19.1. The number of fused-ring (bicyclic) bond motifs is 1. The number of halogens is 1. The number of thioether (sulfide) groups is 1. The minimum Gasteiger partial charge on any atom is -0.550 e. The van der Waals surface area contributed by atoms with E-state index in [2.05, 4.69) is 36.4 Å². The average molecular weight is 571 g/mol. The highest BCUT2D eigenvalue weighted by molar-refractivity contribution is 7.99. The van der Waals surface area contributed by atoms with Gasteiger partial charge in [-0.3, -0.25) is 0 Å². The Morgan fingerprint density at radius 3 is 2.60 bits per heavy atom. The van der Waals surface area contributed by atoms with Crippen LogP contribution in [0.2, 0.25) is 5.02 Å². The van der Waals surface area contributed by atoms with Crippen LogP contribution < -0.4 is 5.11 Å². The second-order valence-electron chi connectivity index (χ2n) is 11.2. The van der Waals surface area contributed by atoms with E-state index < -0.39 is 17.0 Å². The summed E-state index contributed by atoms with van der Waals surface area (Å²) in [6.07, 6.45) is 7.07. The van der Waals surface area contributed by atoms with Crippen molar-refractivity contribution in [3.63, 3.8) is 0 Å². The van der Waals surface area contributed by atoms with Crippen LogP contribution >= 0.6 is 23.4 Å². The van der Waals surface area contributed by atoms with E-state index in [0.717, 1.165) is 46.1 Å². The SMILES string of the molecule is CC(C)(O)c1ccccc1[C@H](CCc1cccc(/C=C/c2ccc3ccc(Cl)cc3n2)c1)SCC1(C(=O)[O-])CC1. The number of aromatic nitrogens is 1. The van der Waals surface area contributed by atoms with Crippen LogP contribution in [0, 0.1) is 5.41 Å². The molecule has 0 saturated heterocycles. The summed E-state index contributed by atoms with van der Waals surface area (Å²) < 4.78 is 0. The molecule has 6 heteroatoms. The molecule has 0 bridgehead atoms. The minimum absolute atomic E-state index is 0.0484. The number of benzene rings is 3. The fourth-order valence-electron chi connectivity index (χ4n) is 5.01. The van der Waals surface area contributed by atoms with Gasteiger partial charge in [-0.15, -0.1) is 0 Å². The molecule has 1 aromatic heterocycles. The molecule has 1 aliphatic carbocycles. The summed E-state index contributed by atoms with van der Waals surface area (Å²) in [7, 11) is 0. The Labute approximate surface area is 245 Å². The van der Waals surface area contributed by atoms with E-state index in [9.17, 15) is 15.0 Å². The molecule has 1 atom stereocenters. The van der Waals surface area contributed by atoms with Gasteiger partial charge in [0.1, 0.15) is 0 Å². The molecule has 4 aromatic rings. The summed E-state index contributed by atoms with van der Waals surface area (Å²) in [6, 6.07) is 26.2. The number of rotatable bonds is 11. The van der Waals surface area contributed by atoms with Gasteiger partial charge in [0.05, 0.1) is 16.8 Å². The van der Waals surface area contributed by atoms with E-state index >= 15 is 0 Å². The van der Waals surface area contributed by atoms with Crippen molar-refractivity contribution in [2.45, 2.75) is 50.4 Å². The zero-order valence-electron chi connectivity index (χ0n) is 22.8. The predicted octanol–water partition coefficient (Wildman–Crippen LogP) is 7.22. The summed E-state index contributed by atoms with van der Waals surface area (Å²) in [4.78, 5) is 16.4. The lowest BCUT2D eigenvalue weighted by Gasteiger charge is -2.28. The van der Waals surface area contributed by atoms with Crippen molar-refractivity contribution in [2.75, 3.05) is 5.75 Å². The van der Waals surface area contributed by atoms with Crippen molar-refractivity contribution in [3.05, 3.63) is 112 Å². The molecule has 0 radical (unpaired) electrons. The number of carboxylic acids is 1. The van der Waals surface area contributed by atoms with Crippen LogP contribution in [0.25, 0.3) is 23.1 Å². The largest absolute Gasteiger partial charge is 0.550 e. The molecule has 0 aliphatic heterocycles. The van der Waals surface area contributed by atoms with E-state index in [0.29, 0.717) is 23.6 Å².